The normalized spacial score (nSPS) is 26.3. The fourth-order valence-electron chi connectivity index (χ4n) is 3.42. The summed E-state index contributed by atoms with van der Waals surface area (Å²) in [5, 5.41) is 0. The maximum Gasteiger partial charge on any atom is 0.414 e. The van der Waals surface area contributed by atoms with Gasteiger partial charge in [0.05, 0.1) is 11.4 Å². The molecule has 1 amide bonds. The van der Waals surface area contributed by atoms with Gasteiger partial charge in [0.25, 0.3) is 0 Å². The number of sulfonamides is 1. The van der Waals surface area contributed by atoms with Crippen LogP contribution in [0.1, 0.15) is 33.1 Å². The molecule has 2 aliphatic heterocycles. The van der Waals surface area contributed by atoms with E-state index < -0.39 is 10.0 Å². The molecule has 2 fully saturated rings. The van der Waals surface area contributed by atoms with Crippen molar-refractivity contribution in [1.29, 1.82) is 0 Å². The van der Waals surface area contributed by atoms with Crippen LogP contribution in [0.15, 0.2) is 29.2 Å². The first-order valence-electron chi connectivity index (χ1n) is 7.99. The fraction of sp³-hybridized carbons (Fsp3) is 0.562. The molecule has 2 aliphatic rings. The van der Waals surface area contributed by atoms with Gasteiger partial charge in [-0.1, -0.05) is 6.42 Å². The molecule has 0 aromatic heterocycles. The molecule has 1 aromatic carbocycles. The van der Waals surface area contributed by atoms with Crippen LogP contribution in [0, 0.1) is 0 Å². The smallest absolute Gasteiger partial charge is 0.414 e. The summed E-state index contributed by atoms with van der Waals surface area (Å²) >= 11 is 0. The Labute approximate surface area is 137 Å². The van der Waals surface area contributed by atoms with E-state index in [1.165, 1.54) is 4.90 Å². The van der Waals surface area contributed by atoms with E-state index in [9.17, 15) is 13.2 Å². The summed E-state index contributed by atoms with van der Waals surface area (Å²) in [7, 11) is -3.52. The minimum Gasteiger partial charge on any atom is -0.447 e. The van der Waals surface area contributed by atoms with E-state index >= 15 is 0 Å². The van der Waals surface area contributed by atoms with Crippen molar-refractivity contribution in [2.75, 3.05) is 18.1 Å². The summed E-state index contributed by atoms with van der Waals surface area (Å²) in [5.74, 6) is 0. The van der Waals surface area contributed by atoms with Gasteiger partial charge < -0.3 is 4.74 Å². The first-order valence-corrected chi connectivity index (χ1v) is 9.43. The van der Waals surface area contributed by atoms with Crippen LogP contribution in [0.4, 0.5) is 10.5 Å². The lowest BCUT2D eigenvalue weighted by Gasteiger charge is -2.37. The molecule has 23 heavy (non-hydrogen) atoms. The monoisotopic (exact) mass is 338 g/mol. The van der Waals surface area contributed by atoms with Crippen LogP contribution in [-0.4, -0.2) is 44.1 Å². The van der Waals surface area contributed by atoms with Crippen molar-refractivity contribution in [3.05, 3.63) is 24.3 Å². The van der Waals surface area contributed by atoms with Gasteiger partial charge in [-0.2, -0.15) is 4.31 Å². The molecule has 0 N–H and O–H groups in total. The lowest BCUT2D eigenvalue weighted by Crippen LogP contribution is -2.47. The Balaban J connectivity index is 1.87. The Kier molecular flexibility index (Phi) is 4.33. The zero-order chi connectivity index (χ0) is 16.6. The molecule has 2 saturated heterocycles. The highest BCUT2D eigenvalue weighted by Gasteiger charge is 2.35. The second-order valence-electron chi connectivity index (χ2n) is 6.22. The average Bonchev–Trinajstić information content (AvgIpc) is 2.93. The van der Waals surface area contributed by atoms with Gasteiger partial charge in [-0.05, 0) is 51.0 Å². The predicted molar refractivity (Wildman–Crippen MR) is 86.9 cm³/mol. The Morgan fingerprint density at radius 2 is 1.70 bits per heavy atom. The molecule has 2 atom stereocenters. The van der Waals surface area contributed by atoms with E-state index in [0.29, 0.717) is 18.8 Å². The summed E-state index contributed by atoms with van der Waals surface area (Å²) in [6, 6.07) is 6.50. The van der Waals surface area contributed by atoms with Gasteiger partial charge in [0, 0.05) is 17.8 Å². The summed E-state index contributed by atoms with van der Waals surface area (Å²) in [6.45, 7) is 4.77. The SMILES string of the molecule is CC1CCCC(C)N1S(=O)(=O)c1ccc(N2CCOC2=O)cc1. The molecular formula is C16H22N2O4S. The average molecular weight is 338 g/mol. The molecule has 3 rings (SSSR count). The molecule has 0 radical (unpaired) electrons. The van der Waals surface area contributed by atoms with Crippen molar-refractivity contribution in [2.45, 2.75) is 50.1 Å². The second kappa shape index (κ2) is 6.13. The van der Waals surface area contributed by atoms with Crippen molar-refractivity contribution < 1.29 is 17.9 Å². The number of ether oxygens (including phenoxy) is 1. The first-order chi connectivity index (χ1) is 10.9. The van der Waals surface area contributed by atoms with Gasteiger partial charge >= 0.3 is 6.09 Å². The number of piperidine rings is 1. The number of anilines is 1. The number of carbonyl (C=O) groups excluding carboxylic acids is 1. The van der Waals surface area contributed by atoms with Crippen molar-refractivity contribution in [2.24, 2.45) is 0 Å². The van der Waals surface area contributed by atoms with Crippen LogP contribution in [0.2, 0.25) is 0 Å². The van der Waals surface area contributed by atoms with Crippen LogP contribution >= 0.6 is 0 Å². The quantitative estimate of drug-likeness (QED) is 0.849. The third-order valence-electron chi connectivity index (χ3n) is 4.60. The maximum atomic E-state index is 12.9. The highest BCUT2D eigenvalue weighted by Crippen LogP contribution is 2.30. The number of cyclic esters (lactones) is 1. The van der Waals surface area contributed by atoms with E-state index in [-0.39, 0.29) is 23.1 Å². The van der Waals surface area contributed by atoms with E-state index in [0.717, 1.165) is 19.3 Å². The van der Waals surface area contributed by atoms with E-state index in [1.54, 1.807) is 28.6 Å². The molecule has 1 aromatic rings. The number of nitrogens with zero attached hydrogens (tertiary/aromatic N) is 2. The lowest BCUT2D eigenvalue weighted by molar-refractivity contribution is 0.181. The van der Waals surface area contributed by atoms with E-state index in [2.05, 4.69) is 0 Å². The van der Waals surface area contributed by atoms with Gasteiger partial charge in [-0.15, -0.1) is 0 Å². The van der Waals surface area contributed by atoms with Gasteiger partial charge in [-0.3, -0.25) is 4.90 Å². The summed E-state index contributed by atoms with van der Waals surface area (Å²) in [5.41, 5.74) is 0.659. The molecule has 6 nitrogen and oxygen atoms in total. The molecule has 0 aliphatic carbocycles. The zero-order valence-electron chi connectivity index (χ0n) is 13.4. The lowest BCUT2D eigenvalue weighted by atomic mass is 10.0. The van der Waals surface area contributed by atoms with Crippen LogP contribution < -0.4 is 4.90 Å². The molecular weight excluding hydrogens is 316 g/mol. The van der Waals surface area contributed by atoms with Crippen molar-refractivity contribution >= 4 is 21.8 Å². The number of rotatable bonds is 3. The third-order valence-corrected chi connectivity index (χ3v) is 6.74. The first kappa shape index (κ1) is 16.3. The summed E-state index contributed by atoms with van der Waals surface area (Å²) < 4.78 is 32.4. The summed E-state index contributed by atoms with van der Waals surface area (Å²) in [6.07, 6.45) is 2.45. The van der Waals surface area contributed by atoms with Crippen molar-refractivity contribution in [1.82, 2.24) is 4.31 Å². The van der Waals surface area contributed by atoms with Gasteiger partial charge in [0.1, 0.15) is 6.61 Å². The Hall–Kier alpha value is -1.60. The highest BCUT2D eigenvalue weighted by atomic mass is 32.2. The van der Waals surface area contributed by atoms with Crippen LogP contribution in [0.3, 0.4) is 0 Å². The number of amides is 1. The predicted octanol–water partition coefficient (Wildman–Crippen LogP) is 2.59. The molecule has 126 valence electrons. The number of hydrogen-bond donors (Lipinski definition) is 0. The Morgan fingerprint density at radius 3 is 2.22 bits per heavy atom. The van der Waals surface area contributed by atoms with E-state index in [4.69, 9.17) is 4.74 Å². The van der Waals surface area contributed by atoms with Gasteiger partial charge in [-0.25, -0.2) is 13.2 Å². The fourth-order valence-corrected chi connectivity index (χ4v) is 5.30. The van der Waals surface area contributed by atoms with E-state index in [1.807, 2.05) is 13.8 Å². The zero-order valence-corrected chi connectivity index (χ0v) is 14.3. The van der Waals surface area contributed by atoms with Crippen molar-refractivity contribution in [3.63, 3.8) is 0 Å². The van der Waals surface area contributed by atoms with Crippen LogP contribution in [0.5, 0.6) is 0 Å². The number of benzene rings is 1. The second-order valence-corrected chi connectivity index (χ2v) is 8.07. The Bertz CT molecular complexity index is 677. The Morgan fingerprint density at radius 1 is 1.09 bits per heavy atom. The molecule has 0 saturated carbocycles. The number of hydrogen-bond acceptors (Lipinski definition) is 4. The van der Waals surface area contributed by atoms with Gasteiger partial charge in [0.2, 0.25) is 10.0 Å². The minimum atomic E-state index is -3.52. The van der Waals surface area contributed by atoms with Crippen molar-refractivity contribution in [3.8, 4) is 0 Å². The summed E-state index contributed by atoms with van der Waals surface area (Å²) in [4.78, 5) is 13.3. The topological polar surface area (TPSA) is 66.9 Å². The molecule has 7 heteroatoms. The molecule has 0 spiro atoms. The third kappa shape index (κ3) is 2.95. The van der Waals surface area contributed by atoms with Crippen LogP contribution in [0.25, 0.3) is 0 Å². The largest absolute Gasteiger partial charge is 0.447 e. The number of carbonyl (C=O) groups is 1. The van der Waals surface area contributed by atoms with Crippen LogP contribution in [-0.2, 0) is 14.8 Å². The highest BCUT2D eigenvalue weighted by molar-refractivity contribution is 7.89. The molecule has 2 heterocycles. The molecule has 0 bridgehead atoms. The van der Waals surface area contributed by atoms with Gasteiger partial charge in [0.15, 0.2) is 0 Å². The molecule has 2 unspecified atom stereocenters. The minimum absolute atomic E-state index is 0.0111. The maximum absolute atomic E-state index is 12.9. The standard InChI is InChI=1S/C16H22N2O4S/c1-12-4-3-5-13(2)18(12)23(20,21)15-8-6-14(7-9-15)17-10-11-22-16(17)19/h6-9,12-13H,3-5,10-11H2,1-2H3.